The lowest BCUT2D eigenvalue weighted by Gasteiger charge is -2.20. The number of rotatable bonds is 5. The van der Waals surface area contributed by atoms with Crippen LogP contribution in [0.15, 0.2) is 63.9 Å². The molecule has 5 rings (SSSR count). The van der Waals surface area contributed by atoms with Gasteiger partial charge in [0, 0.05) is 35.3 Å². The van der Waals surface area contributed by atoms with E-state index in [1.165, 1.54) is 12.1 Å². The minimum atomic E-state index is -1.37. The second kappa shape index (κ2) is 8.64. The van der Waals surface area contributed by atoms with Gasteiger partial charge in [0.05, 0.1) is 22.6 Å². The van der Waals surface area contributed by atoms with Crippen molar-refractivity contribution >= 4 is 33.5 Å². The first-order valence-electron chi connectivity index (χ1n) is 11.4. The number of halogens is 1. The van der Waals surface area contributed by atoms with E-state index in [4.69, 9.17) is 4.42 Å². The smallest absolute Gasteiger partial charge is 0.340 e. The van der Waals surface area contributed by atoms with Crippen LogP contribution in [0.1, 0.15) is 40.0 Å². The van der Waals surface area contributed by atoms with Crippen LogP contribution in [-0.4, -0.2) is 20.9 Å². The van der Waals surface area contributed by atoms with Gasteiger partial charge in [-0.3, -0.25) is 9.48 Å². The summed E-state index contributed by atoms with van der Waals surface area (Å²) in [7, 11) is 1.85. The summed E-state index contributed by atoms with van der Waals surface area (Å²) in [5, 5.41) is 18.3. The minimum Gasteiger partial charge on any atom is -0.478 e. The van der Waals surface area contributed by atoms with Crippen molar-refractivity contribution in [2.45, 2.75) is 26.8 Å². The molecule has 0 aliphatic carbocycles. The number of nitrogens with one attached hydrogen (secondary N) is 1. The van der Waals surface area contributed by atoms with Gasteiger partial charge >= 0.3 is 5.97 Å². The summed E-state index contributed by atoms with van der Waals surface area (Å²) in [5.74, 6) is -1.75. The van der Waals surface area contributed by atoms with Crippen LogP contribution < -0.4 is 10.7 Å². The highest BCUT2D eigenvalue weighted by atomic mass is 19.1. The Morgan fingerprint density at radius 3 is 2.69 bits per heavy atom. The van der Waals surface area contributed by atoms with Crippen molar-refractivity contribution in [3.05, 3.63) is 93.0 Å². The van der Waals surface area contributed by atoms with Gasteiger partial charge in [0.1, 0.15) is 22.7 Å². The quantitative estimate of drug-likeness (QED) is 0.318. The molecule has 182 valence electrons. The molecule has 2 N–H and O–H groups in total. The van der Waals surface area contributed by atoms with E-state index in [0.717, 1.165) is 28.1 Å². The van der Waals surface area contributed by atoms with Gasteiger partial charge in [-0.2, -0.15) is 5.10 Å². The summed E-state index contributed by atoms with van der Waals surface area (Å²) in [4.78, 5) is 25.1. The Labute approximate surface area is 205 Å². The first kappa shape index (κ1) is 23.3. The van der Waals surface area contributed by atoms with Crippen LogP contribution in [-0.2, 0) is 7.05 Å². The summed E-state index contributed by atoms with van der Waals surface area (Å²) >= 11 is 0. The van der Waals surface area contributed by atoms with Crippen molar-refractivity contribution in [2.75, 3.05) is 5.32 Å². The minimum absolute atomic E-state index is 0.140. The Morgan fingerprint density at radius 2 is 1.94 bits per heavy atom. The molecule has 36 heavy (non-hydrogen) atoms. The zero-order chi connectivity index (χ0) is 25.7. The summed E-state index contributed by atoms with van der Waals surface area (Å²) < 4.78 is 22.4. The van der Waals surface area contributed by atoms with Gasteiger partial charge in [-0.1, -0.05) is 12.1 Å². The second-order valence-electron chi connectivity index (χ2n) is 9.03. The third kappa shape index (κ3) is 3.90. The summed E-state index contributed by atoms with van der Waals surface area (Å²) in [5.41, 5.74) is 3.52. The van der Waals surface area contributed by atoms with Crippen LogP contribution in [0.3, 0.4) is 0 Å². The van der Waals surface area contributed by atoms with Gasteiger partial charge < -0.3 is 14.8 Å². The van der Waals surface area contributed by atoms with Crippen molar-refractivity contribution < 1.29 is 18.7 Å². The Hall–Kier alpha value is -4.46. The normalized spacial score (nSPS) is 12.2. The molecule has 2 heterocycles. The Balaban J connectivity index is 1.68. The lowest BCUT2D eigenvalue weighted by atomic mass is 9.98. The Bertz CT molecular complexity index is 1740. The number of hydrogen-bond acceptors (Lipinski definition) is 5. The average Bonchev–Trinajstić information content (AvgIpc) is 3.20. The van der Waals surface area contributed by atoms with E-state index in [1.807, 2.05) is 51.4 Å². The first-order chi connectivity index (χ1) is 17.1. The lowest BCUT2D eigenvalue weighted by Crippen LogP contribution is -2.14. The van der Waals surface area contributed by atoms with E-state index in [1.54, 1.807) is 17.7 Å². The highest BCUT2D eigenvalue weighted by Gasteiger charge is 2.22. The number of aryl methyl sites for hydroxylation is 2. The molecule has 5 aromatic rings. The van der Waals surface area contributed by atoms with E-state index in [-0.39, 0.29) is 11.1 Å². The summed E-state index contributed by atoms with van der Waals surface area (Å²) in [6, 6.07) is 12.9. The Morgan fingerprint density at radius 1 is 1.17 bits per heavy atom. The predicted molar refractivity (Wildman–Crippen MR) is 137 cm³/mol. The highest BCUT2D eigenvalue weighted by Crippen LogP contribution is 2.33. The van der Waals surface area contributed by atoms with Crippen molar-refractivity contribution in [3.63, 3.8) is 0 Å². The van der Waals surface area contributed by atoms with Crippen LogP contribution >= 0.6 is 0 Å². The van der Waals surface area contributed by atoms with Crippen LogP contribution in [0.25, 0.3) is 33.2 Å². The van der Waals surface area contributed by atoms with Crippen LogP contribution in [0, 0.1) is 19.7 Å². The van der Waals surface area contributed by atoms with Gasteiger partial charge in [-0.25, -0.2) is 9.18 Å². The van der Waals surface area contributed by atoms with Crippen molar-refractivity contribution in [1.29, 1.82) is 0 Å². The van der Waals surface area contributed by atoms with E-state index < -0.39 is 23.4 Å². The number of hydrogen-bond donors (Lipinski definition) is 2. The number of aromatic carboxylic acids is 1. The zero-order valence-electron chi connectivity index (χ0n) is 20.2. The van der Waals surface area contributed by atoms with Crippen molar-refractivity contribution in [3.8, 4) is 11.3 Å². The summed E-state index contributed by atoms with van der Waals surface area (Å²) in [6.45, 7) is 5.43. The molecule has 0 unspecified atom stereocenters. The van der Waals surface area contributed by atoms with Crippen LogP contribution in [0.5, 0.6) is 0 Å². The van der Waals surface area contributed by atoms with Gasteiger partial charge in [-0.05, 0) is 62.7 Å². The monoisotopic (exact) mass is 485 g/mol. The number of fused-ring (bicyclic) bond motifs is 2. The molecule has 0 fully saturated rings. The van der Waals surface area contributed by atoms with E-state index in [2.05, 4.69) is 10.4 Å². The topological polar surface area (TPSA) is 97.4 Å². The number of carboxylic acids is 1. The van der Waals surface area contributed by atoms with Crippen molar-refractivity contribution in [1.82, 2.24) is 9.78 Å². The highest BCUT2D eigenvalue weighted by molar-refractivity contribution is 5.95. The zero-order valence-corrected chi connectivity index (χ0v) is 20.2. The molecule has 0 bridgehead atoms. The predicted octanol–water partition coefficient (Wildman–Crippen LogP) is 5.97. The fraction of sp³-hybridized carbons (Fsp3) is 0.179. The molecule has 0 radical (unpaired) electrons. The molecule has 3 aromatic carbocycles. The number of benzene rings is 3. The molecule has 0 saturated heterocycles. The third-order valence-corrected chi connectivity index (χ3v) is 6.34. The van der Waals surface area contributed by atoms with E-state index >= 15 is 0 Å². The van der Waals surface area contributed by atoms with E-state index in [9.17, 15) is 19.1 Å². The fourth-order valence-electron chi connectivity index (χ4n) is 4.63. The van der Waals surface area contributed by atoms with Crippen LogP contribution in [0.2, 0.25) is 0 Å². The second-order valence-corrected chi connectivity index (χ2v) is 9.03. The van der Waals surface area contributed by atoms with Gasteiger partial charge in [-0.15, -0.1) is 0 Å². The first-order valence-corrected chi connectivity index (χ1v) is 11.4. The van der Waals surface area contributed by atoms with Gasteiger partial charge in [0.2, 0.25) is 0 Å². The van der Waals surface area contributed by atoms with Gasteiger partial charge in [0.15, 0.2) is 5.43 Å². The molecule has 0 saturated carbocycles. The van der Waals surface area contributed by atoms with Gasteiger partial charge in [0.25, 0.3) is 0 Å². The molecule has 2 aromatic heterocycles. The number of carbonyl (C=O) groups is 1. The maximum atomic E-state index is 14.2. The van der Waals surface area contributed by atoms with Crippen LogP contribution in [0.4, 0.5) is 10.1 Å². The molecular formula is C28H24FN3O4. The molecule has 8 heteroatoms. The summed E-state index contributed by atoms with van der Waals surface area (Å²) in [6.07, 6.45) is 1.90. The molecule has 0 aliphatic heterocycles. The number of anilines is 1. The third-order valence-electron chi connectivity index (χ3n) is 6.34. The SMILES string of the molecule is Cc1cc([C@@H](C)Nc2cccc(F)c2C(=O)O)c2oc(-c3ccc4nn(C)cc4c3)c(C)c(=O)c2c1. The van der Waals surface area contributed by atoms with E-state index in [0.29, 0.717) is 27.9 Å². The molecule has 7 nitrogen and oxygen atoms in total. The molecule has 0 amide bonds. The lowest BCUT2D eigenvalue weighted by molar-refractivity contribution is 0.0693. The maximum Gasteiger partial charge on any atom is 0.340 e. The number of nitrogens with zero attached hydrogens (tertiary/aromatic N) is 2. The standard InChI is InChI=1S/C28H24FN3O4/c1-14-10-19(16(3)30-23-7-5-6-21(29)24(23)28(34)35)27-20(11-14)25(33)15(2)26(36-27)17-8-9-22-18(12-17)13-32(4)31-22/h5-13,16,30H,1-4H3,(H,34,35)/t16-/m1/s1. The molecule has 1 atom stereocenters. The number of carboxylic acid groups (broad SMARTS) is 1. The van der Waals surface area contributed by atoms with Crippen molar-refractivity contribution in [2.24, 2.45) is 7.05 Å². The molecule has 0 spiro atoms. The fourth-order valence-corrected chi connectivity index (χ4v) is 4.63. The Kier molecular flexibility index (Phi) is 5.59. The largest absolute Gasteiger partial charge is 0.478 e. The molecule has 0 aliphatic rings. The molecular weight excluding hydrogens is 461 g/mol. The number of aromatic nitrogens is 2. The average molecular weight is 486 g/mol. The maximum absolute atomic E-state index is 14.2.